The first kappa shape index (κ1) is 13.5. The first-order valence-corrected chi connectivity index (χ1v) is 6.30. The van der Waals surface area contributed by atoms with Crippen molar-refractivity contribution in [2.24, 2.45) is 10.9 Å². The van der Waals surface area contributed by atoms with E-state index in [0.29, 0.717) is 6.42 Å². The van der Waals surface area contributed by atoms with Gasteiger partial charge in [0.1, 0.15) is 0 Å². The van der Waals surface area contributed by atoms with Crippen LogP contribution in [0.15, 0.2) is 22.7 Å². The molecule has 1 aromatic rings. The van der Waals surface area contributed by atoms with Gasteiger partial charge in [-0.1, -0.05) is 11.2 Å². The molecule has 0 bridgehead atoms. The molecule has 1 amide bonds. The van der Waals surface area contributed by atoms with Gasteiger partial charge in [0.05, 0.1) is 6.04 Å². The number of rotatable bonds is 6. The summed E-state index contributed by atoms with van der Waals surface area (Å²) in [5.41, 5.74) is 5.36. The molecule has 0 radical (unpaired) electrons. The summed E-state index contributed by atoms with van der Waals surface area (Å²) >= 11 is 1.69. The summed E-state index contributed by atoms with van der Waals surface area (Å²) in [4.78, 5) is 12.8. The number of nitrogens with zero attached hydrogens (tertiary/aromatic N) is 1. The number of nitrogens with one attached hydrogen (secondary N) is 1. The smallest absolute Gasteiger partial charge is 0.220 e. The molecular formula is C11H17N3O2S. The Labute approximate surface area is 104 Å². The minimum atomic E-state index is -0.436. The van der Waals surface area contributed by atoms with Gasteiger partial charge in [-0.3, -0.25) is 4.79 Å². The second-order valence-corrected chi connectivity index (χ2v) is 4.78. The van der Waals surface area contributed by atoms with Gasteiger partial charge in [-0.25, -0.2) is 0 Å². The third-order valence-corrected chi connectivity index (χ3v) is 3.28. The molecule has 0 saturated carbocycles. The number of carbonyl (C=O) groups is 1. The molecule has 94 valence electrons. The van der Waals surface area contributed by atoms with Crippen molar-refractivity contribution in [2.45, 2.75) is 32.2 Å². The highest BCUT2D eigenvalue weighted by molar-refractivity contribution is 7.09. The fourth-order valence-corrected chi connectivity index (χ4v) is 2.10. The molecule has 0 spiro atoms. The average molecular weight is 255 g/mol. The standard InChI is InChI=1S/C11H17N3O2S/c1-8(11(12)14-16)13-10(15)6-2-4-9-5-3-7-17-9/h3,5,7-8,16H,2,4,6H2,1H3,(H2,12,14)(H,13,15). The van der Waals surface area contributed by atoms with Crippen LogP contribution in [0.25, 0.3) is 0 Å². The van der Waals surface area contributed by atoms with Gasteiger partial charge >= 0.3 is 0 Å². The Morgan fingerprint density at radius 1 is 1.71 bits per heavy atom. The van der Waals surface area contributed by atoms with E-state index in [9.17, 15) is 4.79 Å². The topological polar surface area (TPSA) is 87.7 Å². The van der Waals surface area contributed by atoms with E-state index in [1.54, 1.807) is 18.3 Å². The molecule has 1 heterocycles. The van der Waals surface area contributed by atoms with Gasteiger partial charge in [-0.2, -0.15) is 0 Å². The first-order valence-electron chi connectivity index (χ1n) is 5.42. The maximum atomic E-state index is 11.5. The quantitative estimate of drug-likeness (QED) is 0.310. The SMILES string of the molecule is CC(NC(=O)CCCc1cccs1)/C(N)=N/O. The zero-order valence-corrected chi connectivity index (χ0v) is 10.5. The summed E-state index contributed by atoms with van der Waals surface area (Å²) < 4.78 is 0. The molecule has 5 nitrogen and oxygen atoms in total. The summed E-state index contributed by atoms with van der Waals surface area (Å²) in [6.45, 7) is 1.67. The maximum Gasteiger partial charge on any atom is 0.220 e. The maximum absolute atomic E-state index is 11.5. The molecular weight excluding hydrogens is 238 g/mol. The zero-order chi connectivity index (χ0) is 12.7. The number of carbonyl (C=O) groups excluding carboxylic acids is 1. The van der Waals surface area contributed by atoms with Crippen LogP contribution in [0.3, 0.4) is 0 Å². The molecule has 17 heavy (non-hydrogen) atoms. The lowest BCUT2D eigenvalue weighted by Gasteiger charge is -2.11. The van der Waals surface area contributed by atoms with Crippen molar-refractivity contribution in [3.05, 3.63) is 22.4 Å². The van der Waals surface area contributed by atoms with Gasteiger partial charge in [-0.05, 0) is 31.2 Å². The van der Waals surface area contributed by atoms with Crippen molar-refractivity contribution < 1.29 is 10.0 Å². The number of amidine groups is 1. The minimum absolute atomic E-state index is 0.0107. The molecule has 1 aromatic heterocycles. The van der Waals surface area contributed by atoms with Crippen molar-refractivity contribution in [1.82, 2.24) is 5.32 Å². The zero-order valence-electron chi connectivity index (χ0n) is 9.72. The van der Waals surface area contributed by atoms with Crippen molar-refractivity contribution >= 4 is 23.1 Å². The molecule has 0 aliphatic heterocycles. The highest BCUT2D eigenvalue weighted by Crippen LogP contribution is 2.11. The highest BCUT2D eigenvalue weighted by Gasteiger charge is 2.10. The van der Waals surface area contributed by atoms with E-state index in [1.807, 2.05) is 11.4 Å². The van der Waals surface area contributed by atoms with E-state index in [0.717, 1.165) is 12.8 Å². The molecule has 1 atom stereocenters. The summed E-state index contributed by atoms with van der Waals surface area (Å²) in [5.74, 6) is -0.0720. The molecule has 6 heteroatoms. The van der Waals surface area contributed by atoms with Crippen LogP contribution in [-0.2, 0) is 11.2 Å². The number of amides is 1. The van der Waals surface area contributed by atoms with Crippen molar-refractivity contribution in [2.75, 3.05) is 0 Å². The number of hydrogen-bond acceptors (Lipinski definition) is 4. The van der Waals surface area contributed by atoms with E-state index in [2.05, 4.69) is 16.5 Å². The van der Waals surface area contributed by atoms with E-state index >= 15 is 0 Å². The minimum Gasteiger partial charge on any atom is -0.409 e. The largest absolute Gasteiger partial charge is 0.409 e. The monoisotopic (exact) mass is 255 g/mol. The van der Waals surface area contributed by atoms with Gasteiger partial charge in [0.25, 0.3) is 0 Å². The molecule has 4 N–H and O–H groups in total. The number of nitrogens with two attached hydrogens (primary N) is 1. The fraction of sp³-hybridized carbons (Fsp3) is 0.455. The van der Waals surface area contributed by atoms with Crippen molar-refractivity contribution in [1.29, 1.82) is 0 Å². The Hall–Kier alpha value is -1.56. The molecule has 1 unspecified atom stereocenters. The predicted molar refractivity (Wildman–Crippen MR) is 68.3 cm³/mol. The Morgan fingerprint density at radius 2 is 2.47 bits per heavy atom. The van der Waals surface area contributed by atoms with Crippen LogP contribution in [0.2, 0.25) is 0 Å². The second kappa shape index (κ2) is 6.90. The fourth-order valence-electron chi connectivity index (χ4n) is 1.35. The Balaban J connectivity index is 2.21. The van der Waals surface area contributed by atoms with Crippen LogP contribution in [0.1, 0.15) is 24.6 Å². The normalized spacial score (nSPS) is 13.4. The van der Waals surface area contributed by atoms with Crippen LogP contribution in [0.5, 0.6) is 0 Å². The van der Waals surface area contributed by atoms with Crippen LogP contribution in [-0.4, -0.2) is 23.0 Å². The predicted octanol–water partition coefficient (Wildman–Crippen LogP) is 1.32. The van der Waals surface area contributed by atoms with Crippen LogP contribution < -0.4 is 11.1 Å². The van der Waals surface area contributed by atoms with E-state index in [4.69, 9.17) is 10.9 Å². The molecule has 0 aliphatic carbocycles. The number of hydrogen-bond donors (Lipinski definition) is 3. The second-order valence-electron chi connectivity index (χ2n) is 3.75. The average Bonchev–Trinajstić information content (AvgIpc) is 2.80. The summed E-state index contributed by atoms with van der Waals surface area (Å²) in [7, 11) is 0. The molecule has 1 rings (SSSR count). The van der Waals surface area contributed by atoms with E-state index < -0.39 is 6.04 Å². The number of oxime groups is 1. The lowest BCUT2D eigenvalue weighted by atomic mass is 10.2. The Kier molecular flexibility index (Phi) is 5.48. The van der Waals surface area contributed by atoms with Crippen LogP contribution >= 0.6 is 11.3 Å². The summed E-state index contributed by atoms with van der Waals surface area (Å²) in [6.07, 6.45) is 2.15. The van der Waals surface area contributed by atoms with Gasteiger partial charge < -0.3 is 16.3 Å². The van der Waals surface area contributed by atoms with Gasteiger partial charge in [-0.15, -0.1) is 11.3 Å². The summed E-state index contributed by atoms with van der Waals surface area (Å²) in [6, 6.07) is 3.62. The van der Waals surface area contributed by atoms with Crippen LogP contribution in [0.4, 0.5) is 0 Å². The van der Waals surface area contributed by atoms with Gasteiger partial charge in [0.2, 0.25) is 5.91 Å². The molecule has 0 saturated heterocycles. The first-order chi connectivity index (χ1) is 8.13. The third-order valence-electron chi connectivity index (χ3n) is 2.34. The van der Waals surface area contributed by atoms with E-state index in [1.165, 1.54) is 4.88 Å². The summed E-state index contributed by atoms with van der Waals surface area (Å²) in [5, 5.41) is 16.0. The van der Waals surface area contributed by atoms with Crippen molar-refractivity contribution in [3.8, 4) is 0 Å². The van der Waals surface area contributed by atoms with Gasteiger partial charge in [0.15, 0.2) is 5.84 Å². The molecule has 0 aromatic carbocycles. The highest BCUT2D eigenvalue weighted by atomic mass is 32.1. The van der Waals surface area contributed by atoms with Gasteiger partial charge in [0, 0.05) is 11.3 Å². The van der Waals surface area contributed by atoms with E-state index in [-0.39, 0.29) is 11.7 Å². The van der Waals surface area contributed by atoms with Crippen LogP contribution in [0, 0.1) is 0 Å². The number of thiophene rings is 1. The van der Waals surface area contributed by atoms with Crippen molar-refractivity contribution in [3.63, 3.8) is 0 Å². The Morgan fingerprint density at radius 3 is 3.06 bits per heavy atom. The Bertz CT molecular complexity index is 376. The lowest BCUT2D eigenvalue weighted by molar-refractivity contribution is -0.121. The molecule has 0 fully saturated rings. The third kappa shape index (κ3) is 4.86. The molecule has 0 aliphatic rings. The lowest BCUT2D eigenvalue weighted by Crippen LogP contribution is -2.42. The number of aryl methyl sites for hydroxylation is 1.